The molecule has 2 heterocycles. The van der Waals surface area contributed by atoms with Crippen LogP contribution in [0.2, 0.25) is 0 Å². The summed E-state index contributed by atoms with van der Waals surface area (Å²) in [6, 6.07) is 18.8. The van der Waals surface area contributed by atoms with Crippen LogP contribution in [0.5, 0.6) is 0 Å². The molecule has 1 saturated carbocycles. The molecule has 1 aromatic heterocycles. The van der Waals surface area contributed by atoms with E-state index in [1.54, 1.807) is 0 Å². The van der Waals surface area contributed by atoms with Crippen molar-refractivity contribution in [3.05, 3.63) is 66.0 Å². The third kappa shape index (κ3) is 4.71. The number of carbonyl (C=O) groups excluding carboxylic acids is 1. The molecule has 31 heavy (non-hydrogen) atoms. The first-order valence-corrected chi connectivity index (χ1v) is 11.6. The van der Waals surface area contributed by atoms with Crippen molar-refractivity contribution < 1.29 is 4.79 Å². The molecule has 2 aromatic carbocycles. The summed E-state index contributed by atoms with van der Waals surface area (Å²) in [5.41, 5.74) is 2.31. The number of para-hydroxylation sites is 1. The highest BCUT2D eigenvalue weighted by molar-refractivity contribution is 5.90. The average Bonchev–Trinajstić information content (AvgIpc) is 3.52. The van der Waals surface area contributed by atoms with Gasteiger partial charge in [-0.05, 0) is 49.8 Å². The third-order valence-electron chi connectivity index (χ3n) is 6.41. The molecule has 2 aliphatic rings. The second-order valence-corrected chi connectivity index (χ2v) is 8.76. The summed E-state index contributed by atoms with van der Waals surface area (Å²) in [5, 5.41) is 1.08. The Morgan fingerprint density at radius 1 is 0.935 bits per heavy atom. The fraction of sp³-hybridized carbons (Fsp3) is 0.423. The monoisotopic (exact) mass is 414 g/mol. The summed E-state index contributed by atoms with van der Waals surface area (Å²) < 4.78 is 0. The minimum absolute atomic E-state index is 0.267. The highest BCUT2D eigenvalue weighted by Crippen LogP contribution is 2.40. The Balaban J connectivity index is 1.43. The summed E-state index contributed by atoms with van der Waals surface area (Å²) in [4.78, 5) is 27.0. The second kappa shape index (κ2) is 9.04. The lowest BCUT2D eigenvalue weighted by Gasteiger charge is -2.26. The Kier molecular flexibility index (Phi) is 5.83. The molecule has 0 spiro atoms. The lowest BCUT2D eigenvalue weighted by Crippen LogP contribution is -2.34. The standard InChI is InChI=1S/C26H30N4O/c31-24(29-16-6-7-17-29)15-19-30(18-14-20-8-2-1-3-9-20)26-22-10-4-5-11-23(22)27-25(28-26)21-12-13-21/h1-5,8-11,21H,6-7,12-19H2. The number of fused-ring (bicyclic) bond motifs is 1. The van der Waals surface area contributed by atoms with Crippen LogP contribution in [0.15, 0.2) is 54.6 Å². The molecule has 160 valence electrons. The van der Waals surface area contributed by atoms with Crippen molar-refractivity contribution in [3.8, 4) is 0 Å². The van der Waals surface area contributed by atoms with Gasteiger partial charge in [0.1, 0.15) is 11.6 Å². The van der Waals surface area contributed by atoms with E-state index in [4.69, 9.17) is 9.97 Å². The van der Waals surface area contributed by atoms with E-state index in [0.29, 0.717) is 18.9 Å². The molecule has 0 bridgehead atoms. The van der Waals surface area contributed by atoms with Gasteiger partial charge in [0.2, 0.25) is 5.91 Å². The van der Waals surface area contributed by atoms with E-state index in [-0.39, 0.29) is 5.91 Å². The quantitative estimate of drug-likeness (QED) is 0.542. The van der Waals surface area contributed by atoms with E-state index in [9.17, 15) is 4.79 Å². The molecule has 0 atom stereocenters. The number of aromatic nitrogens is 2. The van der Waals surface area contributed by atoms with Crippen molar-refractivity contribution in [1.82, 2.24) is 14.9 Å². The fourth-order valence-corrected chi connectivity index (χ4v) is 4.43. The third-order valence-corrected chi connectivity index (χ3v) is 6.41. The van der Waals surface area contributed by atoms with E-state index >= 15 is 0 Å². The van der Waals surface area contributed by atoms with Gasteiger partial charge in [-0.1, -0.05) is 42.5 Å². The molecule has 5 nitrogen and oxygen atoms in total. The summed E-state index contributed by atoms with van der Waals surface area (Å²) in [5.74, 6) is 2.70. The number of hydrogen-bond acceptors (Lipinski definition) is 4. The van der Waals surface area contributed by atoms with Crippen LogP contribution in [0.3, 0.4) is 0 Å². The van der Waals surface area contributed by atoms with Gasteiger partial charge in [0.25, 0.3) is 0 Å². The van der Waals surface area contributed by atoms with Crippen LogP contribution >= 0.6 is 0 Å². The second-order valence-electron chi connectivity index (χ2n) is 8.76. The van der Waals surface area contributed by atoms with Crippen molar-refractivity contribution in [2.24, 2.45) is 0 Å². The molecule has 5 heteroatoms. The molecule has 1 aliphatic carbocycles. The summed E-state index contributed by atoms with van der Waals surface area (Å²) in [7, 11) is 0. The van der Waals surface area contributed by atoms with Gasteiger partial charge in [-0.15, -0.1) is 0 Å². The Hall–Kier alpha value is -2.95. The SMILES string of the molecule is O=C(CCN(CCc1ccccc1)c1nc(C2CC2)nc2ccccc12)N1CCCC1. The van der Waals surface area contributed by atoms with Gasteiger partial charge in [0.15, 0.2) is 0 Å². The Labute approximate surface area is 184 Å². The van der Waals surface area contributed by atoms with Crippen LogP contribution in [0, 0.1) is 0 Å². The van der Waals surface area contributed by atoms with Gasteiger partial charge in [-0.3, -0.25) is 4.79 Å². The predicted molar refractivity (Wildman–Crippen MR) is 124 cm³/mol. The Morgan fingerprint density at radius 3 is 2.45 bits per heavy atom. The molecule has 1 saturated heterocycles. The van der Waals surface area contributed by atoms with Crippen LogP contribution in [0.1, 0.15) is 49.4 Å². The van der Waals surface area contributed by atoms with Crippen molar-refractivity contribution in [3.63, 3.8) is 0 Å². The van der Waals surface area contributed by atoms with Gasteiger partial charge in [0.05, 0.1) is 5.52 Å². The van der Waals surface area contributed by atoms with E-state index in [0.717, 1.165) is 61.4 Å². The molecule has 3 aromatic rings. The largest absolute Gasteiger partial charge is 0.355 e. The van der Waals surface area contributed by atoms with Crippen molar-refractivity contribution >= 4 is 22.6 Å². The maximum absolute atomic E-state index is 12.8. The molecule has 0 N–H and O–H groups in total. The average molecular weight is 415 g/mol. The van der Waals surface area contributed by atoms with Crippen LogP contribution in [0.25, 0.3) is 10.9 Å². The van der Waals surface area contributed by atoms with Crippen LogP contribution in [-0.2, 0) is 11.2 Å². The zero-order chi connectivity index (χ0) is 21.0. The topological polar surface area (TPSA) is 49.3 Å². The predicted octanol–water partition coefficient (Wildman–Crippen LogP) is 4.57. The van der Waals surface area contributed by atoms with Gasteiger partial charge in [0, 0.05) is 43.9 Å². The van der Waals surface area contributed by atoms with Crippen LogP contribution in [-0.4, -0.2) is 47.0 Å². The van der Waals surface area contributed by atoms with Crippen molar-refractivity contribution in [1.29, 1.82) is 0 Å². The molecular weight excluding hydrogens is 384 g/mol. The molecule has 0 unspecified atom stereocenters. The number of carbonyl (C=O) groups is 1. The molecule has 0 radical (unpaired) electrons. The van der Waals surface area contributed by atoms with E-state index < -0.39 is 0 Å². The first-order valence-electron chi connectivity index (χ1n) is 11.6. The number of anilines is 1. The summed E-state index contributed by atoms with van der Waals surface area (Å²) >= 11 is 0. The van der Waals surface area contributed by atoms with Crippen molar-refractivity contribution in [2.75, 3.05) is 31.1 Å². The first kappa shape index (κ1) is 20.0. The number of nitrogens with zero attached hydrogens (tertiary/aromatic N) is 4. The molecular formula is C26H30N4O. The lowest BCUT2D eigenvalue weighted by molar-refractivity contribution is -0.129. The molecule has 1 amide bonds. The fourth-order valence-electron chi connectivity index (χ4n) is 4.43. The summed E-state index contributed by atoms with van der Waals surface area (Å²) in [6.07, 6.45) is 6.07. The van der Waals surface area contributed by atoms with E-state index in [1.165, 1.54) is 18.4 Å². The minimum atomic E-state index is 0.267. The number of hydrogen-bond donors (Lipinski definition) is 0. The highest BCUT2D eigenvalue weighted by Gasteiger charge is 2.28. The first-order chi connectivity index (χ1) is 15.3. The van der Waals surface area contributed by atoms with Crippen LogP contribution < -0.4 is 4.90 Å². The zero-order valence-electron chi connectivity index (χ0n) is 18.0. The number of amides is 1. The van der Waals surface area contributed by atoms with Gasteiger partial charge < -0.3 is 9.80 Å². The van der Waals surface area contributed by atoms with Crippen LogP contribution in [0.4, 0.5) is 5.82 Å². The minimum Gasteiger partial charge on any atom is -0.355 e. The lowest BCUT2D eigenvalue weighted by atomic mass is 10.1. The number of rotatable bonds is 8. The summed E-state index contributed by atoms with van der Waals surface area (Å²) in [6.45, 7) is 3.34. The van der Waals surface area contributed by atoms with E-state index in [2.05, 4.69) is 53.4 Å². The maximum atomic E-state index is 12.8. The van der Waals surface area contributed by atoms with Gasteiger partial charge in [-0.25, -0.2) is 9.97 Å². The molecule has 5 rings (SSSR count). The highest BCUT2D eigenvalue weighted by atomic mass is 16.2. The smallest absolute Gasteiger partial charge is 0.224 e. The zero-order valence-corrected chi connectivity index (χ0v) is 18.0. The van der Waals surface area contributed by atoms with Crippen molar-refractivity contribution in [2.45, 2.75) is 44.4 Å². The normalized spacial score (nSPS) is 16.1. The van der Waals surface area contributed by atoms with Gasteiger partial charge in [-0.2, -0.15) is 0 Å². The molecule has 1 aliphatic heterocycles. The Morgan fingerprint density at radius 2 is 1.68 bits per heavy atom. The van der Waals surface area contributed by atoms with E-state index in [1.807, 2.05) is 11.0 Å². The number of likely N-dealkylation sites (tertiary alicyclic amines) is 1. The molecule has 2 fully saturated rings. The number of benzene rings is 2. The Bertz CT molecular complexity index is 1040. The van der Waals surface area contributed by atoms with Gasteiger partial charge >= 0.3 is 0 Å². The maximum Gasteiger partial charge on any atom is 0.224 e.